The van der Waals surface area contributed by atoms with Crippen molar-refractivity contribution in [1.29, 1.82) is 0 Å². The molecule has 0 aromatic rings. The maximum Gasteiger partial charge on any atom is 0.362 e. The SMILES string of the molecule is CC/C=C/C=C/C=C/C=C/C=C/CCCCCC(=O)OC(COCCC(C(=O)O)[N+](C)(C)C)COC(=O)CCCCC/C=C/C/C=C/C/C=C/C/C=C/C/C=C/C/C=C/CC. The van der Waals surface area contributed by atoms with E-state index >= 15 is 0 Å². The van der Waals surface area contributed by atoms with Crippen molar-refractivity contribution in [1.82, 2.24) is 0 Å². The van der Waals surface area contributed by atoms with Crippen LogP contribution in [0.4, 0.5) is 0 Å². The van der Waals surface area contributed by atoms with Gasteiger partial charge in [0.05, 0.1) is 34.4 Å². The van der Waals surface area contributed by atoms with Gasteiger partial charge >= 0.3 is 17.9 Å². The largest absolute Gasteiger partial charge is 0.477 e. The third-order valence-corrected chi connectivity index (χ3v) is 9.17. The molecule has 0 aromatic carbocycles. The molecule has 0 rings (SSSR count). The molecule has 0 amide bonds. The molecule has 8 nitrogen and oxygen atoms in total. The van der Waals surface area contributed by atoms with Gasteiger partial charge in [-0.15, -0.1) is 0 Å². The Morgan fingerprint density at radius 2 is 0.951 bits per heavy atom. The Hall–Kier alpha value is -4.53. The molecule has 0 spiro atoms. The number of carboxylic acids is 1. The number of quaternary nitrogens is 1. The number of nitrogens with zero attached hydrogens (tertiary/aromatic N) is 1. The van der Waals surface area contributed by atoms with Crippen LogP contribution in [0.25, 0.3) is 0 Å². The highest BCUT2D eigenvalue weighted by Gasteiger charge is 2.31. The van der Waals surface area contributed by atoms with E-state index in [1.165, 1.54) is 0 Å². The van der Waals surface area contributed by atoms with Gasteiger partial charge in [0.15, 0.2) is 12.1 Å². The van der Waals surface area contributed by atoms with Crippen molar-refractivity contribution in [3.8, 4) is 0 Å². The van der Waals surface area contributed by atoms with Gasteiger partial charge in [-0.1, -0.05) is 160 Å². The Morgan fingerprint density at radius 1 is 0.508 bits per heavy atom. The van der Waals surface area contributed by atoms with Crippen LogP contribution in [0, 0.1) is 0 Å². The van der Waals surface area contributed by atoms with E-state index in [9.17, 15) is 19.5 Å². The molecule has 8 heteroatoms. The molecule has 0 saturated carbocycles. The topological polar surface area (TPSA) is 99.1 Å². The van der Waals surface area contributed by atoms with Crippen molar-refractivity contribution in [2.45, 2.75) is 142 Å². The van der Waals surface area contributed by atoms with Crippen LogP contribution in [0.2, 0.25) is 0 Å². The zero-order chi connectivity index (χ0) is 44.9. The van der Waals surface area contributed by atoms with Gasteiger partial charge in [-0.2, -0.15) is 0 Å². The summed E-state index contributed by atoms with van der Waals surface area (Å²) in [6.07, 6.45) is 60.7. The van der Waals surface area contributed by atoms with Crippen LogP contribution >= 0.6 is 0 Å². The van der Waals surface area contributed by atoms with Gasteiger partial charge in [0.2, 0.25) is 0 Å². The summed E-state index contributed by atoms with van der Waals surface area (Å²) in [5.74, 6) is -1.59. The fourth-order valence-corrected chi connectivity index (χ4v) is 5.70. The van der Waals surface area contributed by atoms with Crippen LogP contribution in [0.15, 0.2) is 134 Å². The number of unbranched alkanes of at least 4 members (excludes halogenated alkanes) is 6. The van der Waals surface area contributed by atoms with Gasteiger partial charge in [-0.05, 0) is 83.5 Å². The van der Waals surface area contributed by atoms with Crippen LogP contribution in [-0.2, 0) is 28.6 Å². The van der Waals surface area contributed by atoms with Gasteiger partial charge in [0, 0.05) is 19.3 Å². The predicted octanol–water partition coefficient (Wildman–Crippen LogP) is 12.8. The number of carbonyl (C=O) groups excluding carboxylic acids is 2. The molecule has 0 bridgehead atoms. The number of hydrogen-bond acceptors (Lipinski definition) is 6. The zero-order valence-corrected chi connectivity index (χ0v) is 38.5. The van der Waals surface area contributed by atoms with Crippen LogP contribution in [0.3, 0.4) is 0 Å². The maximum absolute atomic E-state index is 12.7. The summed E-state index contributed by atoms with van der Waals surface area (Å²) in [5.41, 5.74) is 0. The number of ether oxygens (including phenoxy) is 3. The van der Waals surface area contributed by atoms with Gasteiger partial charge in [0.25, 0.3) is 0 Å². The monoisotopic (exact) mass is 845 g/mol. The molecular weight excluding hydrogens is 763 g/mol. The normalized spacial score (nSPS) is 14.2. The lowest BCUT2D eigenvalue weighted by molar-refractivity contribution is -0.887. The van der Waals surface area contributed by atoms with E-state index in [0.717, 1.165) is 89.9 Å². The summed E-state index contributed by atoms with van der Waals surface area (Å²) < 4.78 is 17.2. The standard InChI is InChI=1S/C53H81NO7/c1-6-8-10-12-14-16-18-20-22-23-24-25-26-27-28-30-31-33-35-37-39-41-43-51(55)60-48-49(47-59-46-45-50(53(57)58)54(3,4)5)61-52(56)44-42-40-38-36-34-32-29-21-19-17-15-13-11-9-7-2/h8-11,13-17,19-22,24-25,27-29,31-34,49-50H,6-7,12,18,23,26,30,35-48H2,1-5H3/p+1/b10-8+,11-9+,15-13+,16-14+,19-17+,22-20+,25-24+,28-27+,29-21+,33-31+,34-32+. The van der Waals surface area contributed by atoms with Crippen molar-refractivity contribution < 1.29 is 38.2 Å². The Morgan fingerprint density at radius 3 is 1.44 bits per heavy atom. The summed E-state index contributed by atoms with van der Waals surface area (Å²) in [5, 5.41) is 9.63. The first kappa shape index (κ1) is 56.5. The van der Waals surface area contributed by atoms with Crippen LogP contribution in [0.5, 0.6) is 0 Å². The number of rotatable bonds is 38. The number of esters is 2. The van der Waals surface area contributed by atoms with Gasteiger partial charge < -0.3 is 23.8 Å². The predicted molar refractivity (Wildman–Crippen MR) is 256 cm³/mol. The molecule has 340 valence electrons. The first-order valence-corrected chi connectivity index (χ1v) is 22.8. The number of aliphatic carboxylic acids is 1. The van der Waals surface area contributed by atoms with E-state index in [4.69, 9.17) is 14.2 Å². The van der Waals surface area contributed by atoms with Crippen LogP contribution in [0.1, 0.15) is 129 Å². The minimum absolute atomic E-state index is 0.0220. The number of carbonyl (C=O) groups is 3. The number of likely N-dealkylation sites (N-methyl/N-ethyl adjacent to an activating group) is 1. The summed E-state index contributed by atoms with van der Waals surface area (Å²) in [7, 11) is 5.48. The van der Waals surface area contributed by atoms with E-state index in [2.05, 4.69) is 98.9 Å². The Labute approximate surface area is 371 Å². The molecule has 0 aliphatic heterocycles. The van der Waals surface area contributed by atoms with E-state index < -0.39 is 18.1 Å². The molecule has 0 fully saturated rings. The fraction of sp³-hybridized carbons (Fsp3) is 0.528. The first-order valence-electron chi connectivity index (χ1n) is 22.8. The molecule has 2 atom stereocenters. The molecule has 0 saturated heterocycles. The minimum atomic E-state index is -0.895. The lowest BCUT2D eigenvalue weighted by Gasteiger charge is -2.31. The second-order valence-corrected chi connectivity index (χ2v) is 15.7. The maximum atomic E-state index is 12.7. The smallest absolute Gasteiger partial charge is 0.362 e. The molecule has 0 heterocycles. The molecule has 1 N–H and O–H groups in total. The van der Waals surface area contributed by atoms with Crippen LogP contribution < -0.4 is 0 Å². The average Bonchev–Trinajstić information content (AvgIpc) is 3.22. The molecule has 0 aromatic heterocycles. The van der Waals surface area contributed by atoms with Gasteiger partial charge in [0.1, 0.15) is 6.61 Å². The average molecular weight is 845 g/mol. The van der Waals surface area contributed by atoms with E-state index in [-0.39, 0.29) is 42.7 Å². The lowest BCUT2D eigenvalue weighted by atomic mass is 10.1. The van der Waals surface area contributed by atoms with Gasteiger partial charge in [-0.3, -0.25) is 9.59 Å². The highest BCUT2D eigenvalue weighted by molar-refractivity contribution is 5.72. The van der Waals surface area contributed by atoms with E-state index in [0.29, 0.717) is 19.3 Å². The first-order chi connectivity index (χ1) is 29.6. The quantitative estimate of drug-likeness (QED) is 0.0217. The fourth-order valence-electron chi connectivity index (χ4n) is 5.70. The van der Waals surface area contributed by atoms with Gasteiger partial charge in [-0.25, -0.2) is 4.79 Å². The zero-order valence-electron chi connectivity index (χ0n) is 38.5. The molecule has 61 heavy (non-hydrogen) atoms. The number of carboxylic acid groups (broad SMARTS) is 1. The third-order valence-electron chi connectivity index (χ3n) is 9.17. The molecule has 2 unspecified atom stereocenters. The van der Waals surface area contributed by atoms with Crippen LogP contribution in [-0.4, -0.2) is 80.6 Å². The molecular formula is C53H82NO7+. The van der Waals surface area contributed by atoms with E-state index in [1.807, 2.05) is 69.8 Å². The highest BCUT2D eigenvalue weighted by atomic mass is 16.6. The van der Waals surface area contributed by atoms with E-state index in [1.54, 1.807) is 0 Å². The highest BCUT2D eigenvalue weighted by Crippen LogP contribution is 2.11. The minimum Gasteiger partial charge on any atom is -0.477 e. The van der Waals surface area contributed by atoms with Crippen molar-refractivity contribution >= 4 is 17.9 Å². The molecule has 0 aliphatic carbocycles. The van der Waals surface area contributed by atoms with Crippen molar-refractivity contribution in [2.75, 3.05) is 41.0 Å². The number of allylic oxidation sites excluding steroid dienone is 22. The summed E-state index contributed by atoms with van der Waals surface area (Å²) in [6.45, 7) is 4.36. The second kappa shape index (κ2) is 42.2. The lowest BCUT2D eigenvalue weighted by Crippen LogP contribution is -2.50. The Balaban J connectivity index is 4.48. The Kier molecular flexibility index (Phi) is 39.0. The van der Waals surface area contributed by atoms with Crippen molar-refractivity contribution in [3.63, 3.8) is 0 Å². The Bertz CT molecular complexity index is 1450. The summed E-state index contributed by atoms with van der Waals surface area (Å²) in [6, 6.07) is -0.638. The summed E-state index contributed by atoms with van der Waals surface area (Å²) >= 11 is 0. The molecule has 0 radical (unpaired) electrons. The summed E-state index contributed by atoms with van der Waals surface area (Å²) in [4.78, 5) is 37.0. The van der Waals surface area contributed by atoms with Crippen molar-refractivity contribution in [2.24, 2.45) is 0 Å². The second-order valence-electron chi connectivity index (χ2n) is 15.7. The number of hydrogen-bond donors (Lipinski definition) is 1. The third kappa shape index (κ3) is 40.6. The molecule has 0 aliphatic rings. The van der Waals surface area contributed by atoms with Crippen molar-refractivity contribution in [3.05, 3.63) is 134 Å².